The fraction of sp³-hybridized carbons (Fsp3) is 0.278. The van der Waals surface area contributed by atoms with Gasteiger partial charge in [-0.15, -0.1) is 0 Å². The van der Waals surface area contributed by atoms with Crippen LogP contribution in [0.25, 0.3) is 11.1 Å². The van der Waals surface area contributed by atoms with Crippen LogP contribution >= 0.6 is 0 Å². The first-order valence-corrected chi connectivity index (χ1v) is 8.33. The summed E-state index contributed by atoms with van der Waals surface area (Å²) in [4.78, 5) is 28.9. The van der Waals surface area contributed by atoms with Crippen molar-refractivity contribution in [3.63, 3.8) is 0 Å². The molecule has 0 bridgehead atoms. The maximum atomic E-state index is 13.2. The van der Waals surface area contributed by atoms with Crippen LogP contribution in [0.1, 0.15) is 21.5 Å². The van der Waals surface area contributed by atoms with E-state index < -0.39 is 17.3 Å². The van der Waals surface area contributed by atoms with E-state index in [1.807, 2.05) is 0 Å². The number of hydrogen-bond donors (Lipinski definition) is 3. The second kappa shape index (κ2) is 7.47. The molecule has 4 N–H and O–H groups in total. The highest BCUT2D eigenvalue weighted by molar-refractivity contribution is 5.98. The van der Waals surface area contributed by atoms with E-state index in [1.165, 1.54) is 17.2 Å². The Kier molecular flexibility index (Phi) is 5.23. The first-order chi connectivity index (χ1) is 13.2. The molecule has 2 aromatic rings. The largest absolute Gasteiger partial charge is 0.416 e. The lowest BCUT2D eigenvalue weighted by Gasteiger charge is -2.26. The SMILES string of the molecule is N=Cc1c(N)cc(C(F)(F)F)cc1-c1cc(C(=O)N2CCOCC2)c[nH]c1=O. The number of ether oxygens (including phenoxy) is 1. The molecule has 0 unspecified atom stereocenters. The number of hydrogen-bond acceptors (Lipinski definition) is 5. The molecule has 0 saturated carbocycles. The van der Waals surface area contributed by atoms with E-state index in [1.54, 1.807) is 0 Å². The molecule has 0 spiro atoms. The Balaban J connectivity index is 2.13. The zero-order valence-corrected chi connectivity index (χ0v) is 14.6. The summed E-state index contributed by atoms with van der Waals surface area (Å²) in [7, 11) is 0. The van der Waals surface area contributed by atoms with Crippen LogP contribution in [0.2, 0.25) is 0 Å². The molecule has 1 aliphatic heterocycles. The average molecular weight is 394 g/mol. The van der Waals surface area contributed by atoms with Crippen LogP contribution in [0, 0.1) is 5.41 Å². The number of aromatic nitrogens is 1. The molecule has 1 aromatic carbocycles. The van der Waals surface area contributed by atoms with Crippen molar-refractivity contribution >= 4 is 17.8 Å². The molecule has 3 rings (SSSR count). The van der Waals surface area contributed by atoms with Crippen LogP contribution in [-0.2, 0) is 10.9 Å². The number of amides is 1. The Labute approximate surface area is 157 Å². The molecule has 1 aliphatic rings. The van der Waals surface area contributed by atoms with Gasteiger partial charge in [0.05, 0.1) is 24.3 Å². The van der Waals surface area contributed by atoms with Crippen molar-refractivity contribution in [3.05, 3.63) is 51.4 Å². The molecular formula is C18H17F3N4O3. The number of nitrogen functional groups attached to an aromatic ring is 1. The molecule has 10 heteroatoms. The number of nitrogens with zero attached hydrogens (tertiary/aromatic N) is 1. The van der Waals surface area contributed by atoms with Gasteiger partial charge in [0.25, 0.3) is 11.5 Å². The first kappa shape index (κ1) is 19.6. The summed E-state index contributed by atoms with van der Waals surface area (Å²) >= 11 is 0. The number of pyridine rings is 1. The van der Waals surface area contributed by atoms with Crippen molar-refractivity contribution in [3.8, 4) is 11.1 Å². The van der Waals surface area contributed by atoms with Crippen molar-refractivity contribution < 1.29 is 22.7 Å². The summed E-state index contributed by atoms with van der Waals surface area (Å²) in [6, 6.07) is 2.68. The van der Waals surface area contributed by atoms with Gasteiger partial charge in [-0.1, -0.05) is 0 Å². The van der Waals surface area contributed by atoms with E-state index in [0.29, 0.717) is 32.4 Å². The van der Waals surface area contributed by atoms with Crippen LogP contribution in [0.3, 0.4) is 0 Å². The number of nitrogens with two attached hydrogens (primary N) is 1. The molecule has 148 valence electrons. The highest BCUT2D eigenvalue weighted by Crippen LogP contribution is 2.35. The predicted octanol–water partition coefficient (Wildman–Crippen LogP) is 2.11. The molecule has 7 nitrogen and oxygen atoms in total. The lowest BCUT2D eigenvalue weighted by molar-refractivity contribution is -0.137. The van der Waals surface area contributed by atoms with Crippen molar-refractivity contribution in [2.24, 2.45) is 0 Å². The van der Waals surface area contributed by atoms with Gasteiger partial charge in [-0.25, -0.2) is 0 Å². The number of anilines is 1. The molecule has 1 saturated heterocycles. The summed E-state index contributed by atoms with van der Waals surface area (Å²) in [5, 5.41) is 7.48. The quantitative estimate of drug-likeness (QED) is 0.547. The van der Waals surface area contributed by atoms with Gasteiger partial charge in [0.15, 0.2) is 0 Å². The number of H-pyrrole nitrogens is 1. The minimum atomic E-state index is -4.68. The Hall–Kier alpha value is -3.14. The number of carbonyl (C=O) groups excluding carboxylic acids is 1. The van der Waals surface area contributed by atoms with Gasteiger partial charge in [0, 0.05) is 42.3 Å². The van der Waals surface area contributed by atoms with Gasteiger partial charge < -0.3 is 25.8 Å². The fourth-order valence-electron chi connectivity index (χ4n) is 2.98. The Morgan fingerprint density at radius 2 is 1.89 bits per heavy atom. The summed E-state index contributed by atoms with van der Waals surface area (Å²) in [6.45, 7) is 1.50. The summed E-state index contributed by atoms with van der Waals surface area (Å²) in [5.41, 5.74) is 3.39. The summed E-state index contributed by atoms with van der Waals surface area (Å²) in [6.07, 6.45) is -2.69. The third-order valence-electron chi connectivity index (χ3n) is 4.42. The zero-order chi connectivity index (χ0) is 20.5. The summed E-state index contributed by atoms with van der Waals surface area (Å²) < 4.78 is 44.7. The monoisotopic (exact) mass is 394 g/mol. The van der Waals surface area contributed by atoms with E-state index in [-0.39, 0.29) is 33.8 Å². The number of morpholine rings is 1. The van der Waals surface area contributed by atoms with Gasteiger partial charge in [0.2, 0.25) is 0 Å². The molecule has 0 radical (unpaired) electrons. The number of halogens is 3. The van der Waals surface area contributed by atoms with Gasteiger partial charge in [0.1, 0.15) is 0 Å². The Bertz CT molecular complexity index is 979. The predicted molar refractivity (Wildman–Crippen MR) is 96.5 cm³/mol. The zero-order valence-electron chi connectivity index (χ0n) is 14.6. The molecule has 1 amide bonds. The van der Waals surface area contributed by atoms with Crippen LogP contribution in [-0.4, -0.2) is 48.3 Å². The number of rotatable bonds is 3. The van der Waals surface area contributed by atoms with Gasteiger partial charge >= 0.3 is 6.18 Å². The number of aromatic amines is 1. The highest BCUT2D eigenvalue weighted by Gasteiger charge is 2.32. The number of benzene rings is 1. The molecular weight excluding hydrogens is 377 g/mol. The van der Waals surface area contributed by atoms with Gasteiger partial charge in [-0.05, 0) is 23.8 Å². The standard InChI is InChI=1S/C18H17F3N4O3/c19-18(20,21)11-6-12(14(8-22)15(23)7-11)13-5-10(9-24-16(13)26)17(27)25-1-3-28-4-2-25/h5-9,22H,1-4,23H2,(H,24,26). The highest BCUT2D eigenvalue weighted by atomic mass is 19.4. The maximum Gasteiger partial charge on any atom is 0.416 e. The van der Waals surface area contributed by atoms with Crippen LogP contribution in [0.5, 0.6) is 0 Å². The minimum Gasteiger partial charge on any atom is -0.398 e. The topological polar surface area (TPSA) is 112 Å². The third-order valence-corrected chi connectivity index (χ3v) is 4.42. The van der Waals surface area contributed by atoms with E-state index >= 15 is 0 Å². The maximum absolute atomic E-state index is 13.2. The Morgan fingerprint density at radius 3 is 2.50 bits per heavy atom. The van der Waals surface area contributed by atoms with Crippen LogP contribution < -0.4 is 11.3 Å². The van der Waals surface area contributed by atoms with E-state index in [9.17, 15) is 22.8 Å². The lowest BCUT2D eigenvalue weighted by Crippen LogP contribution is -2.40. The lowest BCUT2D eigenvalue weighted by atomic mass is 9.95. The average Bonchev–Trinajstić information content (AvgIpc) is 2.67. The van der Waals surface area contributed by atoms with Crippen molar-refractivity contribution in [1.29, 1.82) is 5.41 Å². The molecule has 28 heavy (non-hydrogen) atoms. The second-order valence-electron chi connectivity index (χ2n) is 6.20. The van der Waals surface area contributed by atoms with Gasteiger partial charge in [-0.3, -0.25) is 9.59 Å². The smallest absolute Gasteiger partial charge is 0.398 e. The molecule has 1 fully saturated rings. The first-order valence-electron chi connectivity index (χ1n) is 8.33. The van der Waals surface area contributed by atoms with E-state index in [4.69, 9.17) is 15.9 Å². The molecule has 1 aromatic heterocycles. The molecule has 0 aliphatic carbocycles. The second-order valence-corrected chi connectivity index (χ2v) is 6.20. The Morgan fingerprint density at radius 1 is 1.21 bits per heavy atom. The summed E-state index contributed by atoms with van der Waals surface area (Å²) in [5.74, 6) is -0.378. The van der Waals surface area contributed by atoms with Crippen LogP contribution in [0.15, 0.2) is 29.2 Å². The third kappa shape index (κ3) is 3.77. The number of carbonyl (C=O) groups is 1. The van der Waals surface area contributed by atoms with Crippen LogP contribution in [0.4, 0.5) is 18.9 Å². The van der Waals surface area contributed by atoms with Crippen molar-refractivity contribution in [2.45, 2.75) is 6.18 Å². The van der Waals surface area contributed by atoms with Gasteiger partial charge in [-0.2, -0.15) is 13.2 Å². The number of nitrogens with one attached hydrogen (secondary N) is 2. The van der Waals surface area contributed by atoms with E-state index in [2.05, 4.69) is 4.98 Å². The fourth-order valence-corrected chi connectivity index (χ4v) is 2.98. The molecule has 2 heterocycles. The van der Waals surface area contributed by atoms with E-state index in [0.717, 1.165) is 12.3 Å². The van der Waals surface area contributed by atoms with Crippen molar-refractivity contribution in [1.82, 2.24) is 9.88 Å². The molecule has 0 atom stereocenters. The number of alkyl halides is 3. The van der Waals surface area contributed by atoms with Crippen molar-refractivity contribution in [2.75, 3.05) is 32.0 Å². The normalized spacial score (nSPS) is 14.8. The minimum absolute atomic E-state index is 0.0329.